The van der Waals surface area contributed by atoms with Crippen LogP contribution in [0.25, 0.3) is 0 Å². The molecule has 0 aliphatic rings. The van der Waals surface area contributed by atoms with Crippen LogP contribution < -0.4 is 5.32 Å². The fourth-order valence-corrected chi connectivity index (χ4v) is 1.22. The van der Waals surface area contributed by atoms with Gasteiger partial charge in [-0.1, -0.05) is 18.2 Å². The highest BCUT2D eigenvalue weighted by Gasteiger charge is 1.85. The second-order valence-electron chi connectivity index (χ2n) is 3.77. The number of halogens is 1. The van der Waals surface area contributed by atoms with Crippen LogP contribution in [0, 0.1) is 19.7 Å². The number of rotatable bonds is 1. The van der Waals surface area contributed by atoms with E-state index in [1.54, 1.807) is 6.07 Å². The molecule has 0 aliphatic carbocycles. The van der Waals surface area contributed by atoms with Crippen molar-refractivity contribution in [2.75, 3.05) is 12.4 Å². The third kappa shape index (κ3) is 5.11. The van der Waals surface area contributed by atoms with Crippen molar-refractivity contribution in [1.82, 2.24) is 4.98 Å². The molecule has 0 aliphatic heterocycles. The Balaban J connectivity index is 0.000000171. The second kappa shape index (κ2) is 6.63. The third-order valence-corrected chi connectivity index (χ3v) is 2.15. The summed E-state index contributed by atoms with van der Waals surface area (Å²) < 4.78 is 12.2. The molecule has 0 saturated heterocycles. The fraction of sp³-hybridized carbons (Fsp3) is 0.214. The smallest absolute Gasteiger partial charge is 0.125 e. The van der Waals surface area contributed by atoms with Crippen LogP contribution in [0.15, 0.2) is 42.6 Å². The summed E-state index contributed by atoms with van der Waals surface area (Å²) in [5, 5.41) is 2.94. The number of aryl methyl sites for hydroxylation is 2. The molecule has 0 spiro atoms. The molecule has 0 atom stereocenters. The normalized spacial score (nSPS) is 9.18. The summed E-state index contributed by atoms with van der Waals surface area (Å²) in [5.74, 6) is 0.755. The molecule has 2 rings (SSSR count). The summed E-state index contributed by atoms with van der Waals surface area (Å²) in [4.78, 5) is 4.09. The number of hydrogen-bond acceptors (Lipinski definition) is 2. The van der Waals surface area contributed by atoms with Crippen molar-refractivity contribution < 1.29 is 4.39 Å². The molecule has 3 heteroatoms. The number of pyridine rings is 1. The Morgan fingerprint density at radius 3 is 2.24 bits per heavy atom. The van der Waals surface area contributed by atoms with Gasteiger partial charge in [-0.25, -0.2) is 9.37 Å². The van der Waals surface area contributed by atoms with Crippen molar-refractivity contribution in [3.05, 3.63) is 59.5 Å². The largest absolute Gasteiger partial charge is 0.373 e. The first-order valence-corrected chi connectivity index (χ1v) is 5.44. The van der Waals surface area contributed by atoms with Crippen LogP contribution >= 0.6 is 0 Å². The van der Waals surface area contributed by atoms with Gasteiger partial charge in [0.2, 0.25) is 0 Å². The number of aromatic nitrogens is 1. The van der Waals surface area contributed by atoms with E-state index in [2.05, 4.69) is 10.3 Å². The van der Waals surface area contributed by atoms with Crippen molar-refractivity contribution in [3.8, 4) is 0 Å². The molecule has 1 heterocycles. The van der Waals surface area contributed by atoms with Gasteiger partial charge in [-0.2, -0.15) is 0 Å². The van der Waals surface area contributed by atoms with E-state index in [0.29, 0.717) is 0 Å². The Morgan fingerprint density at radius 1 is 1.06 bits per heavy atom. The molecule has 90 valence electrons. The standard InChI is InChI=1S/C7H7F.C7H10N2/c1-6-3-2-4-7(8)5-6;1-6-3-4-7(8-2)9-5-6/h2-5H,1H3;3-5H,1-2H3,(H,8,9). The first-order chi connectivity index (χ1) is 8.11. The van der Waals surface area contributed by atoms with E-state index in [4.69, 9.17) is 0 Å². The van der Waals surface area contributed by atoms with E-state index in [-0.39, 0.29) is 5.82 Å². The van der Waals surface area contributed by atoms with Gasteiger partial charge in [-0.15, -0.1) is 0 Å². The van der Waals surface area contributed by atoms with Gasteiger partial charge in [0.05, 0.1) is 0 Å². The van der Waals surface area contributed by atoms with Gasteiger partial charge >= 0.3 is 0 Å². The highest BCUT2D eigenvalue weighted by atomic mass is 19.1. The number of benzene rings is 1. The Kier molecular flexibility index (Phi) is 5.14. The first-order valence-electron chi connectivity index (χ1n) is 5.44. The molecule has 17 heavy (non-hydrogen) atoms. The SMILES string of the molecule is CNc1ccc(C)cn1.Cc1cccc(F)c1. The average Bonchev–Trinajstić information content (AvgIpc) is 2.30. The Labute approximate surface area is 102 Å². The summed E-state index contributed by atoms with van der Waals surface area (Å²) in [6.45, 7) is 3.88. The van der Waals surface area contributed by atoms with Gasteiger partial charge in [0, 0.05) is 13.2 Å². The van der Waals surface area contributed by atoms with Gasteiger partial charge in [0.25, 0.3) is 0 Å². The van der Waals surface area contributed by atoms with Crippen LogP contribution in [0.5, 0.6) is 0 Å². The van der Waals surface area contributed by atoms with Gasteiger partial charge < -0.3 is 5.32 Å². The quantitative estimate of drug-likeness (QED) is 0.813. The summed E-state index contributed by atoms with van der Waals surface area (Å²) in [7, 11) is 1.86. The van der Waals surface area contributed by atoms with Gasteiger partial charge in [-0.05, 0) is 43.2 Å². The molecular weight excluding hydrogens is 215 g/mol. The van der Waals surface area contributed by atoms with Crippen molar-refractivity contribution >= 4 is 5.82 Å². The number of nitrogens with zero attached hydrogens (tertiary/aromatic N) is 1. The minimum Gasteiger partial charge on any atom is -0.373 e. The molecule has 0 saturated carbocycles. The topological polar surface area (TPSA) is 24.9 Å². The minimum absolute atomic E-state index is 0.162. The highest BCUT2D eigenvalue weighted by molar-refractivity contribution is 5.33. The first kappa shape index (κ1) is 13.2. The molecule has 1 aromatic heterocycles. The zero-order valence-corrected chi connectivity index (χ0v) is 10.4. The zero-order valence-electron chi connectivity index (χ0n) is 10.4. The maximum absolute atomic E-state index is 12.2. The molecule has 0 bridgehead atoms. The van der Waals surface area contributed by atoms with Crippen LogP contribution in [0.1, 0.15) is 11.1 Å². The van der Waals surface area contributed by atoms with E-state index in [1.165, 1.54) is 17.7 Å². The number of hydrogen-bond donors (Lipinski definition) is 1. The fourth-order valence-electron chi connectivity index (χ4n) is 1.22. The van der Waals surface area contributed by atoms with Crippen LogP contribution in [0.3, 0.4) is 0 Å². The minimum atomic E-state index is -0.162. The Bertz CT molecular complexity index is 435. The summed E-state index contributed by atoms with van der Waals surface area (Å²) in [5.41, 5.74) is 2.15. The van der Waals surface area contributed by atoms with Gasteiger partial charge in [0.15, 0.2) is 0 Å². The maximum atomic E-state index is 12.2. The summed E-state index contributed by atoms with van der Waals surface area (Å²) in [6, 6.07) is 10.5. The third-order valence-electron chi connectivity index (χ3n) is 2.15. The number of anilines is 1. The lowest BCUT2D eigenvalue weighted by atomic mass is 10.2. The van der Waals surface area contributed by atoms with Crippen molar-refractivity contribution in [2.24, 2.45) is 0 Å². The van der Waals surface area contributed by atoms with Gasteiger partial charge in [-0.3, -0.25) is 0 Å². The Hall–Kier alpha value is -1.90. The molecular formula is C14H17FN2. The second-order valence-corrected chi connectivity index (χ2v) is 3.77. The zero-order chi connectivity index (χ0) is 12.7. The molecule has 1 N–H and O–H groups in total. The van der Waals surface area contributed by atoms with E-state index in [9.17, 15) is 4.39 Å². The molecule has 1 aromatic carbocycles. The lowest BCUT2D eigenvalue weighted by Crippen LogP contribution is -1.90. The van der Waals surface area contributed by atoms with Crippen molar-refractivity contribution in [3.63, 3.8) is 0 Å². The molecule has 2 aromatic rings. The van der Waals surface area contributed by atoms with E-state index in [0.717, 1.165) is 11.4 Å². The molecule has 2 nitrogen and oxygen atoms in total. The van der Waals surface area contributed by atoms with Crippen molar-refractivity contribution in [1.29, 1.82) is 0 Å². The molecule has 0 fully saturated rings. The van der Waals surface area contributed by atoms with Crippen LogP contribution in [0.4, 0.5) is 10.2 Å². The summed E-state index contributed by atoms with van der Waals surface area (Å²) >= 11 is 0. The average molecular weight is 232 g/mol. The van der Waals surface area contributed by atoms with E-state index in [1.807, 2.05) is 45.3 Å². The summed E-state index contributed by atoms with van der Waals surface area (Å²) in [6.07, 6.45) is 1.84. The highest BCUT2D eigenvalue weighted by Crippen LogP contribution is 2.01. The molecule has 0 radical (unpaired) electrons. The van der Waals surface area contributed by atoms with Crippen molar-refractivity contribution in [2.45, 2.75) is 13.8 Å². The monoisotopic (exact) mass is 232 g/mol. The van der Waals surface area contributed by atoms with Crippen LogP contribution in [0.2, 0.25) is 0 Å². The van der Waals surface area contributed by atoms with E-state index < -0.39 is 0 Å². The maximum Gasteiger partial charge on any atom is 0.125 e. The van der Waals surface area contributed by atoms with E-state index >= 15 is 0 Å². The number of nitrogens with one attached hydrogen (secondary N) is 1. The van der Waals surface area contributed by atoms with Gasteiger partial charge in [0.1, 0.15) is 11.6 Å². The Morgan fingerprint density at radius 2 is 1.82 bits per heavy atom. The predicted molar refractivity (Wildman–Crippen MR) is 69.7 cm³/mol. The molecule has 0 unspecified atom stereocenters. The lowest BCUT2D eigenvalue weighted by Gasteiger charge is -1.96. The molecule has 0 amide bonds. The predicted octanol–water partition coefficient (Wildman–Crippen LogP) is 3.57. The van der Waals surface area contributed by atoms with Crippen LogP contribution in [-0.2, 0) is 0 Å². The van der Waals surface area contributed by atoms with Crippen LogP contribution in [-0.4, -0.2) is 12.0 Å². The lowest BCUT2D eigenvalue weighted by molar-refractivity contribution is 0.626.